The zero-order chi connectivity index (χ0) is 7.14. The summed E-state index contributed by atoms with van der Waals surface area (Å²) in [7, 11) is 1.40. The summed E-state index contributed by atoms with van der Waals surface area (Å²) in [6.07, 6.45) is 2.20. The highest BCUT2D eigenvalue weighted by Crippen LogP contribution is 2.55. The average Bonchev–Trinajstić information content (AvgIpc) is 2.56. The number of carbonyl (C=O) groups is 1. The molecule has 0 spiro atoms. The van der Waals surface area contributed by atoms with Crippen molar-refractivity contribution in [1.82, 2.24) is 5.32 Å². The van der Waals surface area contributed by atoms with Gasteiger partial charge >= 0.3 is 6.09 Å². The summed E-state index contributed by atoms with van der Waals surface area (Å²) in [6, 6.07) is 0.428. The molecule has 0 aromatic heterocycles. The first-order valence-electron chi connectivity index (χ1n) is 3.65. The summed E-state index contributed by atoms with van der Waals surface area (Å²) in [5, 5.41) is 2.80. The van der Waals surface area contributed by atoms with Crippen LogP contribution in [0.1, 0.15) is 12.8 Å². The molecule has 0 aromatic rings. The smallest absolute Gasteiger partial charge is 0.407 e. The first-order valence-corrected chi connectivity index (χ1v) is 3.65. The molecule has 2 rings (SSSR count). The van der Waals surface area contributed by atoms with Crippen LogP contribution in [0.2, 0.25) is 0 Å². The second kappa shape index (κ2) is 1.87. The highest BCUT2D eigenvalue weighted by molar-refractivity contribution is 5.67. The van der Waals surface area contributed by atoms with E-state index in [0.29, 0.717) is 6.04 Å². The van der Waals surface area contributed by atoms with Gasteiger partial charge in [-0.2, -0.15) is 0 Å². The largest absolute Gasteiger partial charge is 0.453 e. The fourth-order valence-corrected chi connectivity index (χ4v) is 1.72. The molecular formula is C7H11NO2. The molecule has 0 radical (unpaired) electrons. The maximum Gasteiger partial charge on any atom is 0.407 e. The van der Waals surface area contributed by atoms with E-state index in [2.05, 4.69) is 10.1 Å². The standard InChI is InChI=1S/C7H11NO2/c1-10-7(9)8-6-3-4-2-5(4)6/h4-6H,2-3H2,1H3,(H,8,9). The number of carbonyl (C=O) groups excluding carboxylic acids is 1. The van der Waals surface area contributed by atoms with Gasteiger partial charge in [-0.25, -0.2) is 4.79 Å². The average molecular weight is 141 g/mol. The van der Waals surface area contributed by atoms with Gasteiger partial charge < -0.3 is 10.1 Å². The van der Waals surface area contributed by atoms with Crippen molar-refractivity contribution in [2.45, 2.75) is 18.9 Å². The molecule has 10 heavy (non-hydrogen) atoms. The minimum absolute atomic E-state index is 0.282. The van der Waals surface area contributed by atoms with Gasteiger partial charge in [-0.1, -0.05) is 0 Å². The number of fused-ring (bicyclic) bond motifs is 1. The zero-order valence-corrected chi connectivity index (χ0v) is 5.96. The Morgan fingerprint density at radius 2 is 2.40 bits per heavy atom. The number of alkyl carbamates (subject to hydrolysis) is 1. The van der Waals surface area contributed by atoms with Crippen LogP contribution in [0.25, 0.3) is 0 Å². The van der Waals surface area contributed by atoms with E-state index in [9.17, 15) is 4.79 Å². The Morgan fingerprint density at radius 3 is 2.80 bits per heavy atom. The molecule has 3 atom stereocenters. The van der Waals surface area contributed by atoms with Crippen molar-refractivity contribution >= 4 is 6.09 Å². The van der Waals surface area contributed by atoms with Crippen LogP contribution in [0.3, 0.4) is 0 Å². The predicted octanol–water partition coefficient (Wildman–Crippen LogP) is 0.751. The topological polar surface area (TPSA) is 38.3 Å². The number of hydrogen-bond donors (Lipinski definition) is 1. The lowest BCUT2D eigenvalue weighted by Crippen LogP contribution is -2.41. The van der Waals surface area contributed by atoms with Gasteiger partial charge in [-0.3, -0.25) is 0 Å². The Balaban J connectivity index is 1.75. The normalized spacial score (nSPS) is 41.1. The molecule has 0 aromatic carbocycles. The maximum atomic E-state index is 10.6. The van der Waals surface area contributed by atoms with Crippen molar-refractivity contribution < 1.29 is 9.53 Å². The van der Waals surface area contributed by atoms with Gasteiger partial charge in [-0.15, -0.1) is 0 Å². The van der Waals surface area contributed by atoms with Gasteiger partial charge in [0.15, 0.2) is 0 Å². The van der Waals surface area contributed by atoms with Gasteiger partial charge in [0.25, 0.3) is 0 Å². The molecule has 3 heteroatoms. The molecule has 2 aliphatic carbocycles. The Hall–Kier alpha value is -0.730. The lowest BCUT2D eigenvalue weighted by atomic mass is 9.93. The van der Waals surface area contributed by atoms with Crippen LogP contribution in [0.5, 0.6) is 0 Å². The molecule has 0 bridgehead atoms. The maximum absolute atomic E-state index is 10.6. The minimum atomic E-state index is -0.282. The van der Waals surface area contributed by atoms with Crippen LogP contribution in [0, 0.1) is 11.8 Å². The van der Waals surface area contributed by atoms with E-state index in [4.69, 9.17) is 0 Å². The van der Waals surface area contributed by atoms with Crippen molar-refractivity contribution in [3.8, 4) is 0 Å². The van der Waals surface area contributed by atoms with Crippen LogP contribution in [0.15, 0.2) is 0 Å². The minimum Gasteiger partial charge on any atom is -0.453 e. The van der Waals surface area contributed by atoms with Crippen LogP contribution in [-0.4, -0.2) is 19.2 Å². The summed E-state index contributed by atoms with van der Waals surface area (Å²) in [5.74, 6) is 1.72. The van der Waals surface area contributed by atoms with Crippen LogP contribution in [-0.2, 0) is 4.74 Å². The van der Waals surface area contributed by atoms with Crippen LogP contribution >= 0.6 is 0 Å². The Kier molecular flexibility index (Phi) is 1.13. The molecule has 3 nitrogen and oxygen atoms in total. The number of ether oxygens (including phenoxy) is 1. The first-order chi connectivity index (χ1) is 4.81. The van der Waals surface area contributed by atoms with E-state index < -0.39 is 0 Å². The third kappa shape index (κ3) is 0.770. The zero-order valence-electron chi connectivity index (χ0n) is 5.96. The summed E-state index contributed by atoms with van der Waals surface area (Å²) >= 11 is 0. The van der Waals surface area contributed by atoms with E-state index in [1.165, 1.54) is 20.0 Å². The van der Waals surface area contributed by atoms with Gasteiger partial charge in [-0.05, 0) is 24.7 Å². The lowest BCUT2D eigenvalue weighted by Gasteiger charge is -2.24. The monoisotopic (exact) mass is 141 g/mol. The van der Waals surface area contributed by atoms with E-state index in [1.54, 1.807) is 0 Å². The summed E-state index contributed by atoms with van der Waals surface area (Å²) in [5.41, 5.74) is 0. The third-order valence-corrected chi connectivity index (χ3v) is 2.54. The van der Waals surface area contributed by atoms with Gasteiger partial charge in [0.1, 0.15) is 0 Å². The number of amides is 1. The molecule has 0 heterocycles. The molecule has 3 unspecified atom stereocenters. The molecule has 2 aliphatic rings. The Bertz CT molecular complexity index is 169. The van der Waals surface area contributed by atoms with Gasteiger partial charge in [0.05, 0.1) is 7.11 Å². The number of methoxy groups -OCH3 is 1. The number of nitrogens with one attached hydrogen (secondary N) is 1. The van der Waals surface area contributed by atoms with Crippen molar-refractivity contribution in [3.63, 3.8) is 0 Å². The Morgan fingerprint density at radius 1 is 1.60 bits per heavy atom. The van der Waals surface area contributed by atoms with Crippen molar-refractivity contribution in [2.24, 2.45) is 11.8 Å². The van der Waals surface area contributed by atoms with E-state index in [-0.39, 0.29) is 6.09 Å². The predicted molar refractivity (Wildman–Crippen MR) is 35.5 cm³/mol. The Labute approximate surface area is 59.7 Å². The molecule has 1 amide bonds. The second-order valence-electron chi connectivity index (χ2n) is 3.14. The molecule has 1 N–H and O–H groups in total. The quantitative estimate of drug-likeness (QED) is 0.585. The second-order valence-corrected chi connectivity index (χ2v) is 3.14. The number of hydrogen-bond acceptors (Lipinski definition) is 2. The molecule has 2 saturated carbocycles. The van der Waals surface area contributed by atoms with E-state index in [0.717, 1.165) is 11.8 Å². The third-order valence-electron chi connectivity index (χ3n) is 2.54. The number of rotatable bonds is 1. The molecule has 0 saturated heterocycles. The molecular weight excluding hydrogens is 130 g/mol. The first kappa shape index (κ1) is 6.01. The SMILES string of the molecule is COC(=O)NC1CC2CC21. The van der Waals surface area contributed by atoms with Gasteiger partial charge in [0.2, 0.25) is 0 Å². The molecule has 56 valence electrons. The van der Waals surface area contributed by atoms with E-state index >= 15 is 0 Å². The highest BCUT2D eigenvalue weighted by atomic mass is 16.5. The van der Waals surface area contributed by atoms with Crippen LogP contribution < -0.4 is 5.32 Å². The summed E-state index contributed by atoms with van der Waals surface area (Å²) < 4.78 is 4.47. The highest BCUT2D eigenvalue weighted by Gasteiger charge is 2.53. The fourth-order valence-electron chi connectivity index (χ4n) is 1.72. The fraction of sp³-hybridized carbons (Fsp3) is 0.857. The summed E-state index contributed by atoms with van der Waals surface area (Å²) in [6.45, 7) is 0. The molecule has 0 aliphatic heterocycles. The lowest BCUT2D eigenvalue weighted by molar-refractivity contribution is 0.158. The van der Waals surface area contributed by atoms with Crippen molar-refractivity contribution in [1.29, 1.82) is 0 Å². The van der Waals surface area contributed by atoms with Crippen molar-refractivity contribution in [2.75, 3.05) is 7.11 Å². The van der Waals surface area contributed by atoms with Crippen LogP contribution in [0.4, 0.5) is 4.79 Å². The van der Waals surface area contributed by atoms with Gasteiger partial charge in [0, 0.05) is 6.04 Å². The summed E-state index contributed by atoms with van der Waals surface area (Å²) in [4.78, 5) is 10.6. The molecule has 2 fully saturated rings. The van der Waals surface area contributed by atoms with Crippen molar-refractivity contribution in [3.05, 3.63) is 0 Å². The van der Waals surface area contributed by atoms with E-state index in [1.807, 2.05) is 0 Å².